The molecule has 0 bridgehead atoms. The van der Waals surface area contributed by atoms with Gasteiger partial charge in [0.05, 0.1) is 9.82 Å². The first-order valence-corrected chi connectivity index (χ1v) is 7.98. The van der Waals surface area contributed by atoms with Gasteiger partial charge in [-0.05, 0) is 30.3 Å². The van der Waals surface area contributed by atoms with Gasteiger partial charge in [-0.15, -0.1) is 4.83 Å². The van der Waals surface area contributed by atoms with Crippen LogP contribution in [0, 0.1) is 10.1 Å². The molecule has 2 aromatic carbocycles. The van der Waals surface area contributed by atoms with Crippen molar-refractivity contribution in [3.63, 3.8) is 0 Å². The van der Waals surface area contributed by atoms with E-state index < -0.39 is 20.9 Å². The highest BCUT2D eigenvalue weighted by Crippen LogP contribution is 2.15. The predicted octanol–water partition coefficient (Wildman–Crippen LogP) is 1.87. The maximum Gasteiger partial charge on any atom is 0.269 e. The van der Waals surface area contributed by atoms with Gasteiger partial charge in [-0.1, -0.05) is 17.7 Å². The number of nitro groups is 1. The summed E-state index contributed by atoms with van der Waals surface area (Å²) in [4.78, 5) is 23.4. The second kappa shape index (κ2) is 6.73. The van der Waals surface area contributed by atoms with Crippen molar-refractivity contribution in [1.82, 2.24) is 10.3 Å². The number of carbonyl (C=O) groups is 1. The number of rotatable bonds is 5. The zero-order chi connectivity index (χ0) is 17.0. The van der Waals surface area contributed by atoms with Crippen molar-refractivity contribution in [3.8, 4) is 0 Å². The van der Waals surface area contributed by atoms with Gasteiger partial charge in [0, 0.05) is 22.7 Å². The summed E-state index contributed by atoms with van der Waals surface area (Å²) in [6.45, 7) is 0. The molecular weight excluding hydrogens is 346 g/mol. The molecule has 0 radical (unpaired) electrons. The Morgan fingerprint density at radius 1 is 1.13 bits per heavy atom. The fourth-order valence-corrected chi connectivity index (χ4v) is 2.65. The van der Waals surface area contributed by atoms with Gasteiger partial charge >= 0.3 is 0 Å². The average molecular weight is 356 g/mol. The summed E-state index contributed by atoms with van der Waals surface area (Å²) < 4.78 is 24.0. The number of carbonyl (C=O) groups excluding carboxylic acids is 1. The van der Waals surface area contributed by atoms with Crippen molar-refractivity contribution in [1.29, 1.82) is 0 Å². The van der Waals surface area contributed by atoms with Gasteiger partial charge in [0.15, 0.2) is 0 Å². The lowest BCUT2D eigenvalue weighted by Crippen LogP contribution is -2.41. The predicted molar refractivity (Wildman–Crippen MR) is 82.3 cm³/mol. The van der Waals surface area contributed by atoms with Crippen LogP contribution in [0.2, 0.25) is 5.02 Å². The molecule has 1 amide bonds. The van der Waals surface area contributed by atoms with Crippen LogP contribution in [0.25, 0.3) is 0 Å². The molecule has 0 saturated carbocycles. The molecule has 0 atom stereocenters. The first-order chi connectivity index (χ1) is 10.8. The summed E-state index contributed by atoms with van der Waals surface area (Å²) >= 11 is 5.74. The number of halogens is 1. The molecule has 0 aliphatic rings. The fraction of sp³-hybridized carbons (Fsp3) is 0. The summed E-state index contributed by atoms with van der Waals surface area (Å²) in [5.41, 5.74) is 1.96. The molecule has 2 rings (SSSR count). The van der Waals surface area contributed by atoms with E-state index in [9.17, 15) is 23.3 Å². The lowest BCUT2D eigenvalue weighted by atomic mass is 10.2. The minimum atomic E-state index is -4.05. The van der Waals surface area contributed by atoms with Crippen LogP contribution in [-0.4, -0.2) is 19.2 Å². The Bertz CT molecular complexity index is 852. The van der Waals surface area contributed by atoms with E-state index in [4.69, 9.17) is 11.6 Å². The molecule has 2 aromatic rings. The molecule has 120 valence electrons. The summed E-state index contributed by atoms with van der Waals surface area (Å²) in [5.74, 6) is -0.696. The van der Waals surface area contributed by atoms with Crippen LogP contribution >= 0.6 is 11.6 Å². The highest BCUT2D eigenvalue weighted by molar-refractivity contribution is 7.89. The smallest absolute Gasteiger partial charge is 0.269 e. The number of hydrogen-bond donors (Lipinski definition) is 2. The van der Waals surface area contributed by atoms with Crippen LogP contribution in [0.1, 0.15) is 10.4 Å². The molecule has 8 nitrogen and oxygen atoms in total. The molecule has 10 heteroatoms. The molecule has 23 heavy (non-hydrogen) atoms. The topological polar surface area (TPSA) is 118 Å². The third-order valence-electron chi connectivity index (χ3n) is 2.74. The Morgan fingerprint density at radius 2 is 1.78 bits per heavy atom. The quantitative estimate of drug-likeness (QED) is 0.627. The molecule has 0 aliphatic carbocycles. The number of amides is 1. The Balaban J connectivity index is 2.09. The van der Waals surface area contributed by atoms with Crippen LogP contribution in [0.15, 0.2) is 53.4 Å². The van der Waals surface area contributed by atoms with Gasteiger partial charge in [0.25, 0.3) is 21.6 Å². The Kier molecular flexibility index (Phi) is 4.94. The lowest BCUT2D eigenvalue weighted by molar-refractivity contribution is -0.384. The van der Waals surface area contributed by atoms with E-state index in [1.807, 2.05) is 10.3 Å². The molecule has 0 unspecified atom stereocenters. The second-order valence-electron chi connectivity index (χ2n) is 4.32. The van der Waals surface area contributed by atoms with Crippen LogP contribution < -0.4 is 10.3 Å². The van der Waals surface area contributed by atoms with Crippen molar-refractivity contribution in [3.05, 3.63) is 69.2 Å². The van der Waals surface area contributed by atoms with Gasteiger partial charge in [0.2, 0.25) is 0 Å². The number of sulfonamides is 1. The SMILES string of the molecule is O=C(NNS(=O)(=O)c1ccc([N+](=O)[O-])cc1)c1cccc(Cl)c1. The standard InChI is InChI=1S/C13H10ClN3O5S/c14-10-3-1-2-9(8-10)13(18)15-16-23(21,22)12-6-4-11(5-7-12)17(19)20/h1-8,16H,(H,15,18). The van der Waals surface area contributed by atoms with Crippen LogP contribution in [0.5, 0.6) is 0 Å². The summed E-state index contributed by atoms with van der Waals surface area (Å²) in [6, 6.07) is 10.2. The van der Waals surface area contributed by atoms with Gasteiger partial charge in [-0.25, -0.2) is 8.42 Å². The molecule has 0 aliphatic heterocycles. The number of nitrogens with one attached hydrogen (secondary N) is 2. The zero-order valence-corrected chi connectivity index (χ0v) is 13.0. The maximum absolute atomic E-state index is 12.0. The molecule has 0 heterocycles. The van der Waals surface area contributed by atoms with Gasteiger partial charge in [0.1, 0.15) is 0 Å². The van der Waals surface area contributed by atoms with E-state index in [0.717, 1.165) is 24.3 Å². The largest absolute Gasteiger partial charge is 0.273 e. The number of nitro benzene ring substituents is 1. The number of hydrogen-bond acceptors (Lipinski definition) is 5. The number of benzene rings is 2. The van der Waals surface area contributed by atoms with Crippen LogP contribution in [0.4, 0.5) is 5.69 Å². The van der Waals surface area contributed by atoms with Gasteiger partial charge in [-0.2, -0.15) is 0 Å². The fourth-order valence-electron chi connectivity index (χ4n) is 1.62. The highest BCUT2D eigenvalue weighted by Gasteiger charge is 2.17. The summed E-state index contributed by atoms with van der Waals surface area (Å²) in [6.07, 6.45) is 0. The first kappa shape index (κ1) is 16.9. The van der Waals surface area contributed by atoms with Crippen molar-refractivity contribution in [2.24, 2.45) is 0 Å². The maximum atomic E-state index is 12.0. The van der Waals surface area contributed by atoms with E-state index in [-0.39, 0.29) is 16.1 Å². The normalized spacial score (nSPS) is 11.0. The Labute approximate surface area is 136 Å². The van der Waals surface area contributed by atoms with Crippen LogP contribution in [-0.2, 0) is 10.0 Å². The molecule has 2 N–H and O–H groups in total. The zero-order valence-electron chi connectivity index (χ0n) is 11.4. The third kappa shape index (κ3) is 4.25. The van der Waals surface area contributed by atoms with Crippen molar-refractivity contribution >= 4 is 33.2 Å². The van der Waals surface area contributed by atoms with E-state index >= 15 is 0 Å². The molecule has 0 aromatic heterocycles. The minimum Gasteiger partial charge on any atom is -0.273 e. The summed E-state index contributed by atoms with van der Waals surface area (Å²) in [7, 11) is -4.05. The van der Waals surface area contributed by atoms with E-state index in [1.165, 1.54) is 12.1 Å². The third-order valence-corrected chi connectivity index (χ3v) is 4.24. The Hall–Kier alpha value is -2.49. The Morgan fingerprint density at radius 3 is 2.35 bits per heavy atom. The second-order valence-corrected chi connectivity index (χ2v) is 6.44. The summed E-state index contributed by atoms with van der Waals surface area (Å²) in [5, 5.41) is 10.9. The van der Waals surface area contributed by atoms with Crippen molar-refractivity contribution in [2.45, 2.75) is 4.90 Å². The van der Waals surface area contributed by atoms with E-state index in [0.29, 0.717) is 5.02 Å². The van der Waals surface area contributed by atoms with Crippen molar-refractivity contribution < 1.29 is 18.1 Å². The highest BCUT2D eigenvalue weighted by atomic mass is 35.5. The van der Waals surface area contributed by atoms with Gasteiger partial charge in [-0.3, -0.25) is 20.3 Å². The molecule has 0 saturated heterocycles. The van der Waals surface area contributed by atoms with Gasteiger partial charge < -0.3 is 0 Å². The lowest BCUT2D eigenvalue weighted by Gasteiger charge is -2.08. The van der Waals surface area contributed by atoms with Crippen molar-refractivity contribution in [2.75, 3.05) is 0 Å². The molecular formula is C13H10ClN3O5S. The minimum absolute atomic E-state index is 0.170. The van der Waals surface area contributed by atoms with Crippen LogP contribution in [0.3, 0.4) is 0 Å². The average Bonchev–Trinajstić information content (AvgIpc) is 2.52. The first-order valence-electron chi connectivity index (χ1n) is 6.12. The van der Waals surface area contributed by atoms with E-state index in [1.54, 1.807) is 12.1 Å². The molecule has 0 spiro atoms. The monoisotopic (exact) mass is 355 g/mol. The number of non-ortho nitro benzene ring substituents is 1. The molecule has 0 fully saturated rings. The number of nitrogens with zero attached hydrogens (tertiary/aromatic N) is 1. The number of hydrazine groups is 1. The van der Waals surface area contributed by atoms with E-state index in [2.05, 4.69) is 0 Å².